The average molecular weight is 379 g/mol. The van der Waals surface area contributed by atoms with Crippen molar-refractivity contribution in [1.82, 2.24) is 4.98 Å². The third-order valence-corrected chi connectivity index (χ3v) is 5.44. The molecule has 1 amide bonds. The van der Waals surface area contributed by atoms with Crippen LogP contribution in [-0.4, -0.2) is 40.2 Å². The van der Waals surface area contributed by atoms with Crippen LogP contribution in [0.15, 0.2) is 46.5 Å². The molecule has 0 bridgehead atoms. The first-order valence-electron chi connectivity index (χ1n) is 6.73. The molecule has 0 saturated heterocycles. The Morgan fingerprint density at radius 2 is 1.76 bits per heavy atom. The van der Waals surface area contributed by atoms with Crippen molar-refractivity contribution in [3.05, 3.63) is 47.8 Å². The number of nitrogens with zero attached hydrogens (tertiary/aromatic N) is 2. The van der Waals surface area contributed by atoms with Gasteiger partial charge in [0.25, 0.3) is 5.91 Å². The van der Waals surface area contributed by atoms with Crippen molar-refractivity contribution in [1.29, 1.82) is 5.26 Å². The van der Waals surface area contributed by atoms with Gasteiger partial charge in [0.1, 0.15) is 6.07 Å². The van der Waals surface area contributed by atoms with Crippen LogP contribution in [0.2, 0.25) is 0 Å². The number of nitriles is 1. The fourth-order valence-corrected chi connectivity index (χ4v) is 3.87. The smallest absolute Gasteiger partial charge is 0.257 e. The van der Waals surface area contributed by atoms with E-state index in [0.29, 0.717) is 5.69 Å². The standard InChI is InChI=1S/C15H13N3O5S2/c1-24(20,21)13-7-14(25(2,22)23)12(6-10(13)8-16)15(19)18-11-4-3-5-17-9-11/h3-7,9H,1-2H3,(H,18,19). The minimum atomic E-state index is -3.93. The van der Waals surface area contributed by atoms with Gasteiger partial charge in [0.2, 0.25) is 0 Å². The molecule has 0 aliphatic carbocycles. The lowest BCUT2D eigenvalue weighted by Crippen LogP contribution is -2.18. The fourth-order valence-electron chi connectivity index (χ4n) is 2.07. The maximum absolute atomic E-state index is 12.4. The quantitative estimate of drug-likeness (QED) is 0.838. The number of hydrogen-bond donors (Lipinski definition) is 1. The summed E-state index contributed by atoms with van der Waals surface area (Å²) in [6.45, 7) is 0. The molecule has 25 heavy (non-hydrogen) atoms. The Kier molecular flexibility index (Phi) is 4.92. The van der Waals surface area contributed by atoms with Crippen molar-refractivity contribution in [2.75, 3.05) is 17.8 Å². The molecule has 2 aromatic rings. The first-order chi connectivity index (χ1) is 11.5. The van der Waals surface area contributed by atoms with Crippen LogP contribution in [0.25, 0.3) is 0 Å². The van der Waals surface area contributed by atoms with Crippen LogP contribution in [0.3, 0.4) is 0 Å². The lowest BCUT2D eigenvalue weighted by molar-refractivity contribution is 0.102. The molecule has 0 saturated carbocycles. The fraction of sp³-hybridized carbons (Fsp3) is 0.133. The third-order valence-electron chi connectivity index (χ3n) is 3.17. The predicted octanol–water partition coefficient (Wildman–Crippen LogP) is 1.01. The van der Waals surface area contributed by atoms with Crippen molar-refractivity contribution in [2.24, 2.45) is 0 Å². The van der Waals surface area contributed by atoms with Crippen LogP contribution in [-0.2, 0) is 19.7 Å². The van der Waals surface area contributed by atoms with Crippen molar-refractivity contribution < 1.29 is 21.6 Å². The normalized spacial score (nSPS) is 11.6. The molecule has 0 radical (unpaired) electrons. The van der Waals surface area contributed by atoms with E-state index in [1.165, 1.54) is 12.4 Å². The molecule has 1 N–H and O–H groups in total. The highest BCUT2D eigenvalue weighted by Gasteiger charge is 2.25. The summed E-state index contributed by atoms with van der Waals surface area (Å²) in [5, 5.41) is 11.6. The summed E-state index contributed by atoms with van der Waals surface area (Å²) in [5.41, 5.74) is -0.320. The summed E-state index contributed by atoms with van der Waals surface area (Å²) in [7, 11) is -7.79. The van der Waals surface area contributed by atoms with Gasteiger partial charge in [-0.15, -0.1) is 0 Å². The van der Waals surface area contributed by atoms with E-state index < -0.39 is 35.4 Å². The molecule has 1 aromatic carbocycles. The summed E-state index contributed by atoms with van der Waals surface area (Å²) in [5.74, 6) is -0.801. The molecule has 1 aromatic heterocycles. The number of aromatic nitrogens is 1. The minimum absolute atomic E-state index is 0.314. The number of sulfone groups is 2. The lowest BCUT2D eigenvalue weighted by Gasteiger charge is -2.12. The Bertz CT molecular complexity index is 1090. The van der Waals surface area contributed by atoms with Crippen LogP contribution in [0, 0.1) is 11.3 Å². The molecule has 0 spiro atoms. The summed E-state index contributed by atoms with van der Waals surface area (Å²) < 4.78 is 47.7. The van der Waals surface area contributed by atoms with Crippen LogP contribution in [0.4, 0.5) is 5.69 Å². The maximum atomic E-state index is 12.4. The zero-order chi connectivity index (χ0) is 18.8. The zero-order valence-corrected chi connectivity index (χ0v) is 14.8. The van der Waals surface area contributed by atoms with E-state index in [4.69, 9.17) is 5.26 Å². The minimum Gasteiger partial charge on any atom is -0.321 e. The van der Waals surface area contributed by atoms with Crippen LogP contribution < -0.4 is 5.32 Å². The number of carbonyl (C=O) groups is 1. The van der Waals surface area contributed by atoms with Crippen LogP contribution in [0.5, 0.6) is 0 Å². The maximum Gasteiger partial charge on any atom is 0.257 e. The monoisotopic (exact) mass is 379 g/mol. The molecule has 0 atom stereocenters. The summed E-state index contributed by atoms with van der Waals surface area (Å²) in [6.07, 6.45) is 4.55. The molecule has 130 valence electrons. The van der Waals surface area contributed by atoms with Gasteiger partial charge in [-0.25, -0.2) is 16.8 Å². The van der Waals surface area contributed by atoms with Gasteiger partial charge in [-0.2, -0.15) is 5.26 Å². The topological polar surface area (TPSA) is 134 Å². The largest absolute Gasteiger partial charge is 0.321 e. The first-order valence-corrected chi connectivity index (χ1v) is 10.5. The van der Waals surface area contributed by atoms with E-state index >= 15 is 0 Å². The Balaban J connectivity index is 2.69. The molecule has 1 heterocycles. The van der Waals surface area contributed by atoms with Gasteiger partial charge in [-0.05, 0) is 24.3 Å². The highest BCUT2D eigenvalue weighted by molar-refractivity contribution is 7.91. The van der Waals surface area contributed by atoms with Crippen molar-refractivity contribution in [2.45, 2.75) is 9.79 Å². The lowest BCUT2D eigenvalue weighted by atomic mass is 10.1. The molecular formula is C15H13N3O5S2. The van der Waals surface area contributed by atoms with Gasteiger partial charge in [-0.3, -0.25) is 9.78 Å². The number of benzene rings is 1. The predicted molar refractivity (Wildman–Crippen MR) is 89.6 cm³/mol. The molecule has 2 rings (SSSR count). The van der Waals surface area contributed by atoms with Gasteiger partial charge in [0, 0.05) is 18.7 Å². The van der Waals surface area contributed by atoms with Crippen LogP contribution >= 0.6 is 0 Å². The molecule has 0 aliphatic rings. The molecule has 0 unspecified atom stereocenters. The summed E-state index contributed by atoms with van der Waals surface area (Å²) >= 11 is 0. The van der Waals surface area contributed by atoms with E-state index in [1.54, 1.807) is 18.2 Å². The van der Waals surface area contributed by atoms with Crippen molar-refractivity contribution in [3.8, 4) is 6.07 Å². The number of carbonyl (C=O) groups excluding carboxylic acids is 1. The van der Waals surface area contributed by atoms with E-state index in [1.807, 2.05) is 0 Å². The first kappa shape index (κ1) is 18.6. The van der Waals surface area contributed by atoms with Gasteiger partial charge < -0.3 is 5.32 Å². The van der Waals surface area contributed by atoms with Crippen LogP contribution in [0.1, 0.15) is 15.9 Å². The second-order valence-electron chi connectivity index (χ2n) is 5.20. The highest BCUT2D eigenvalue weighted by Crippen LogP contribution is 2.25. The summed E-state index contributed by atoms with van der Waals surface area (Å²) in [6, 6.07) is 6.58. The summed E-state index contributed by atoms with van der Waals surface area (Å²) in [4.78, 5) is 15.3. The van der Waals surface area contributed by atoms with Crippen molar-refractivity contribution in [3.63, 3.8) is 0 Å². The number of anilines is 1. The molecule has 8 nitrogen and oxygen atoms in total. The Labute approximate surface area is 145 Å². The number of nitrogens with one attached hydrogen (secondary N) is 1. The Hall–Kier alpha value is -2.77. The zero-order valence-electron chi connectivity index (χ0n) is 13.2. The van der Waals surface area contributed by atoms with Gasteiger partial charge in [-0.1, -0.05) is 0 Å². The Morgan fingerprint density at radius 3 is 2.24 bits per heavy atom. The highest BCUT2D eigenvalue weighted by atomic mass is 32.2. The number of rotatable bonds is 4. The number of hydrogen-bond acceptors (Lipinski definition) is 7. The van der Waals surface area contributed by atoms with E-state index in [9.17, 15) is 21.6 Å². The van der Waals surface area contributed by atoms with Crippen molar-refractivity contribution >= 4 is 31.3 Å². The van der Waals surface area contributed by atoms with E-state index in [0.717, 1.165) is 24.6 Å². The van der Waals surface area contributed by atoms with Gasteiger partial charge >= 0.3 is 0 Å². The number of amides is 1. The van der Waals surface area contributed by atoms with E-state index in [-0.39, 0.29) is 11.1 Å². The SMILES string of the molecule is CS(=O)(=O)c1cc(S(C)(=O)=O)c(C(=O)Nc2cccnc2)cc1C#N. The average Bonchev–Trinajstić information content (AvgIpc) is 2.52. The molecule has 0 fully saturated rings. The molecule has 0 aliphatic heterocycles. The molecular weight excluding hydrogens is 366 g/mol. The molecule has 10 heteroatoms. The van der Waals surface area contributed by atoms with E-state index in [2.05, 4.69) is 10.3 Å². The second kappa shape index (κ2) is 6.62. The number of pyridine rings is 1. The van der Waals surface area contributed by atoms with Gasteiger partial charge in [0.05, 0.1) is 32.8 Å². The van der Waals surface area contributed by atoms with Gasteiger partial charge in [0.15, 0.2) is 19.7 Å². The second-order valence-corrected chi connectivity index (χ2v) is 9.16. The Morgan fingerprint density at radius 1 is 1.12 bits per heavy atom. The third kappa shape index (κ3) is 4.20.